The first-order valence-electron chi connectivity index (χ1n) is 7.02. The molecule has 2 atom stereocenters. The molecule has 1 aromatic rings. The molecule has 98 valence electrons. The van der Waals surface area contributed by atoms with Crippen LogP contribution in [0.25, 0.3) is 0 Å². The van der Waals surface area contributed by atoms with Crippen molar-refractivity contribution in [2.45, 2.75) is 44.7 Å². The second-order valence-electron chi connectivity index (χ2n) is 5.73. The van der Waals surface area contributed by atoms with E-state index in [1.54, 1.807) is 0 Å². The quantitative estimate of drug-likeness (QED) is 0.826. The Morgan fingerprint density at radius 1 is 1.22 bits per heavy atom. The SMILES string of the molecule is Nc1ccc(CN2CCCC3CCCC32)cc1Cl. The second kappa shape index (κ2) is 5.10. The van der Waals surface area contributed by atoms with Crippen molar-refractivity contribution in [3.05, 3.63) is 28.8 Å². The van der Waals surface area contributed by atoms with Gasteiger partial charge in [0, 0.05) is 12.6 Å². The molecule has 2 unspecified atom stereocenters. The van der Waals surface area contributed by atoms with Crippen molar-refractivity contribution in [1.29, 1.82) is 0 Å². The van der Waals surface area contributed by atoms with E-state index in [1.807, 2.05) is 12.1 Å². The van der Waals surface area contributed by atoms with Gasteiger partial charge in [0.25, 0.3) is 0 Å². The third-order valence-electron chi connectivity index (χ3n) is 4.56. The Morgan fingerprint density at radius 2 is 2.06 bits per heavy atom. The van der Waals surface area contributed by atoms with Gasteiger partial charge in [-0.1, -0.05) is 24.1 Å². The first-order valence-corrected chi connectivity index (χ1v) is 7.40. The van der Waals surface area contributed by atoms with E-state index in [2.05, 4.69) is 11.0 Å². The molecule has 1 aromatic carbocycles. The van der Waals surface area contributed by atoms with Gasteiger partial charge in [-0.05, 0) is 55.8 Å². The number of rotatable bonds is 2. The Bertz CT molecular complexity index is 433. The molecule has 1 heterocycles. The number of nitrogens with zero attached hydrogens (tertiary/aromatic N) is 1. The maximum Gasteiger partial charge on any atom is 0.0638 e. The van der Waals surface area contributed by atoms with Crippen LogP contribution in [0.3, 0.4) is 0 Å². The van der Waals surface area contributed by atoms with Crippen molar-refractivity contribution >= 4 is 17.3 Å². The van der Waals surface area contributed by atoms with Gasteiger partial charge < -0.3 is 5.73 Å². The third kappa shape index (κ3) is 2.36. The third-order valence-corrected chi connectivity index (χ3v) is 4.89. The van der Waals surface area contributed by atoms with Crippen molar-refractivity contribution in [3.8, 4) is 0 Å². The number of benzene rings is 1. The summed E-state index contributed by atoms with van der Waals surface area (Å²) >= 11 is 6.10. The Morgan fingerprint density at radius 3 is 2.89 bits per heavy atom. The van der Waals surface area contributed by atoms with Crippen LogP contribution in [0.2, 0.25) is 5.02 Å². The summed E-state index contributed by atoms with van der Waals surface area (Å²) in [6.07, 6.45) is 7.01. The number of nitrogens with two attached hydrogens (primary N) is 1. The number of halogens is 1. The van der Waals surface area contributed by atoms with Gasteiger partial charge in [0.05, 0.1) is 10.7 Å². The van der Waals surface area contributed by atoms with Crippen molar-refractivity contribution in [1.82, 2.24) is 4.90 Å². The van der Waals surface area contributed by atoms with E-state index < -0.39 is 0 Å². The van der Waals surface area contributed by atoms with Gasteiger partial charge >= 0.3 is 0 Å². The predicted molar refractivity (Wildman–Crippen MR) is 76.6 cm³/mol. The zero-order valence-electron chi connectivity index (χ0n) is 10.7. The molecular formula is C15H21ClN2. The number of anilines is 1. The Kier molecular flexibility index (Phi) is 3.49. The molecule has 1 aliphatic heterocycles. The number of fused-ring (bicyclic) bond motifs is 1. The lowest BCUT2D eigenvalue weighted by Gasteiger charge is -2.37. The first kappa shape index (κ1) is 12.3. The van der Waals surface area contributed by atoms with Crippen LogP contribution < -0.4 is 5.73 Å². The monoisotopic (exact) mass is 264 g/mol. The standard InChI is InChI=1S/C15H21ClN2/c16-13-9-11(6-7-14(13)17)10-18-8-2-4-12-3-1-5-15(12)18/h6-7,9,12,15H,1-5,8,10,17H2. The van der Waals surface area contributed by atoms with Crippen LogP contribution in [0.1, 0.15) is 37.7 Å². The van der Waals surface area contributed by atoms with E-state index in [-0.39, 0.29) is 0 Å². The molecule has 3 heteroatoms. The highest BCUT2D eigenvalue weighted by atomic mass is 35.5. The van der Waals surface area contributed by atoms with Crippen LogP contribution in [0.4, 0.5) is 5.69 Å². The molecule has 2 aliphatic rings. The predicted octanol–water partition coefficient (Wildman–Crippen LogP) is 3.69. The number of nitrogen functional groups attached to an aromatic ring is 1. The maximum atomic E-state index is 6.10. The molecule has 1 aliphatic carbocycles. The molecule has 2 N–H and O–H groups in total. The highest BCUT2D eigenvalue weighted by Crippen LogP contribution is 2.37. The van der Waals surface area contributed by atoms with E-state index in [9.17, 15) is 0 Å². The molecule has 1 saturated heterocycles. The highest BCUT2D eigenvalue weighted by Gasteiger charge is 2.34. The van der Waals surface area contributed by atoms with Crippen molar-refractivity contribution in [2.24, 2.45) is 5.92 Å². The van der Waals surface area contributed by atoms with Gasteiger partial charge in [-0.2, -0.15) is 0 Å². The largest absolute Gasteiger partial charge is 0.398 e. The molecular weight excluding hydrogens is 244 g/mol. The fourth-order valence-corrected chi connectivity index (χ4v) is 3.86. The zero-order valence-corrected chi connectivity index (χ0v) is 11.5. The topological polar surface area (TPSA) is 29.3 Å². The Hall–Kier alpha value is -0.730. The molecule has 2 fully saturated rings. The molecule has 0 amide bonds. The molecule has 0 bridgehead atoms. The second-order valence-corrected chi connectivity index (χ2v) is 6.13. The number of likely N-dealkylation sites (tertiary alicyclic amines) is 1. The number of hydrogen-bond acceptors (Lipinski definition) is 2. The van der Waals surface area contributed by atoms with Crippen molar-refractivity contribution in [3.63, 3.8) is 0 Å². The molecule has 3 rings (SSSR count). The molecule has 2 nitrogen and oxygen atoms in total. The minimum absolute atomic E-state index is 0.679. The Labute approximate surface area is 114 Å². The summed E-state index contributed by atoms with van der Waals surface area (Å²) in [5.41, 5.74) is 7.73. The normalized spacial score (nSPS) is 28.3. The summed E-state index contributed by atoms with van der Waals surface area (Å²) in [7, 11) is 0. The lowest BCUT2D eigenvalue weighted by molar-refractivity contribution is 0.106. The van der Waals surface area contributed by atoms with Crippen LogP contribution in [0, 0.1) is 5.92 Å². The van der Waals surface area contributed by atoms with E-state index in [1.165, 1.54) is 44.2 Å². The molecule has 0 aromatic heterocycles. The van der Waals surface area contributed by atoms with Crippen LogP contribution >= 0.6 is 11.6 Å². The average Bonchev–Trinajstić information content (AvgIpc) is 2.83. The first-order chi connectivity index (χ1) is 8.74. The lowest BCUT2D eigenvalue weighted by atomic mass is 9.91. The summed E-state index contributed by atoms with van der Waals surface area (Å²) in [5.74, 6) is 0.947. The van der Waals surface area contributed by atoms with Gasteiger partial charge in [-0.25, -0.2) is 0 Å². The maximum absolute atomic E-state index is 6.10. The van der Waals surface area contributed by atoms with E-state index in [0.717, 1.165) is 18.5 Å². The number of piperidine rings is 1. The molecule has 18 heavy (non-hydrogen) atoms. The summed E-state index contributed by atoms with van der Waals surface area (Å²) < 4.78 is 0. The molecule has 1 saturated carbocycles. The summed E-state index contributed by atoms with van der Waals surface area (Å²) in [4.78, 5) is 2.66. The minimum Gasteiger partial charge on any atom is -0.398 e. The molecule has 0 spiro atoms. The van der Waals surface area contributed by atoms with Crippen molar-refractivity contribution in [2.75, 3.05) is 12.3 Å². The highest BCUT2D eigenvalue weighted by molar-refractivity contribution is 6.33. The van der Waals surface area contributed by atoms with Gasteiger partial charge in [0.1, 0.15) is 0 Å². The van der Waals surface area contributed by atoms with Crippen LogP contribution in [-0.2, 0) is 6.54 Å². The average molecular weight is 265 g/mol. The van der Waals surface area contributed by atoms with Crippen LogP contribution in [0.15, 0.2) is 18.2 Å². The smallest absolute Gasteiger partial charge is 0.0638 e. The summed E-state index contributed by atoms with van der Waals surface area (Å²) in [6.45, 7) is 2.27. The van der Waals surface area contributed by atoms with E-state index >= 15 is 0 Å². The fraction of sp³-hybridized carbons (Fsp3) is 0.600. The van der Waals surface area contributed by atoms with E-state index in [4.69, 9.17) is 17.3 Å². The van der Waals surface area contributed by atoms with Gasteiger partial charge in [-0.15, -0.1) is 0 Å². The Balaban J connectivity index is 1.73. The van der Waals surface area contributed by atoms with Gasteiger partial charge in [-0.3, -0.25) is 4.90 Å². The van der Waals surface area contributed by atoms with Crippen LogP contribution in [0.5, 0.6) is 0 Å². The van der Waals surface area contributed by atoms with Crippen LogP contribution in [-0.4, -0.2) is 17.5 Å². The summed E-state index contributed by atoms with van der Waals surface area (Å²) in [5, 5.41) is 0.687. The van der Waals surface area contributed by atoms with Crippen molar-refractivity contribution < 1.29 is 0 Å². The summed E-state index contributed by atoms with van der Waals surface area (Å²) in [6, 6.07) is 6.87. The fourth-order valence-electron chi connectivity index (χ4n) is 3.66. The minimum atomic E-state index is 0.679. The van der Waals surface area contributed by atoms with Gasteiger partial charge in [0.2, 0.25) is 0 Å². The van der Waals surface area contributed by atoms with E-state index in [0.29, 0.717) is 10.7 Å². The zero-order chi connectivity index (χ0) is 12.5. The molecule has 0 radical (unpaired) electrons. The number of hydrogen-bond donors (Lipinski definition) is 1. The van der Waals surface area contributed by atoms with Gasteiger partial charge in [0.15, 0.2) is 0 Å². The lowest BCUT2D eigenvalue weighted by Crippen LogP contribution is -2.41.